The van der Waals surface area contributed by atoms with Crippen LogP contribution in [0.1, 0.15) is 55.3 Å². The maximum atomic E-state index is 12.0. The van der Waals surface area contributed by atoms with Crippen LogP contribution in [0.4, 0.5) is 0 Å². The number of likely N-dealkylation sites (tertiary alicyclic amines) is 1. The van der Waals surface area contributed by atoms with Gasteiger partial charge >= 0.3 is 0 Å². The number of hydrogen-bond donors (Lipinski definition) is 1. The van der Waals surface area contributed by atoms with Gasteiger partial charge in [-0.25, -0.2) is 4.98 Å². The predicted molar refractivity (Wildman–Crippen MR) is 122 cm³/mol. The molecule has 1 N–H and O–H groups in total. The number of pyridine rings is 1. The van der Waals surface area contributed by atoms with Gasteiger partial charge in [-0.15, -0.1) is 0 Å². The van der Waals surface area contributed by atoms with Crippen LogP contribution in [0.15, 0.2) is 48.7 Å². The summed E-state index contributed by atoms with van der Waals surface area (Å²) < 4.78 is 0. The molecule has 3 heterocycles. The molecule has 5 heteroatoms. The Morgan fingerprint density at radius 1 is 1.27 bits per heavy atom. The first-order valence-corrected chi connectivity index (χ1v) is 11.0. The van der Waals surface area contributed by atoms with Crippen molar-refractivity contribution >= 4 is 16.9 Å². The van der Waals surface area contributed by atoms with E-state index < -0.39 is 0 Å². The van der Waals surface area contributed by atoms with Crippen LogP contribution >= 0.6 is 0 Å². The van der Waals surface area contributed by atoms with Gasteiger partial charge in [0.2, 0.25) is 5.91 Å². The van der Waals surface area contributed by atoms with Crippen molar-refractivity contribution in [2.75, 3.05) is 26.7 Å². The lowest BCUT2D eigenvalue weighted by Crippen LogP contribution is -2.38. The Kier molecular flexibility index (Phi) is 6.18. The number of amides is 1. The summed E-state index contributed by atoms with van der Waals surface area (Å²) >= 11 is 0. The van der Waals surface area contributed by atoms with Gasteiger partial charge in [0, 0.05) is 56.3 Å². The molecule has 158 valence electrons. The molecular formula is C25H32N4O. The quantitative estimate of drug-likeness (QED) is 0.657. The monoisotopic (exact) mass is 404 g/mol. The Morgan fingerprint density at radius 3 is 2.83 bits per heavy atom. The van der Waals surface area contributed by atoms with Crippen LogP contribution < -0.4 is 0 Å². The van der Waals surface area contributed by atoms with Crippen molar-refractivity contribution in [3.8, 4) is 0 Å². The first kappa shape index (κ1) is 20.6. The SMILES string of the molecule is CC(=O)N1CCC[C@@H](c2[nH]c3ncccc3c2CN(C)C[C@@H](C)c2ccccc2)C1. The smallest absolute Gasteiger partial charge is 0.219 e. The Morgan fingerprint density at radius 2 is 2.07 bits per heavy atom. The average Bonchev–Trinajstić information content (AvgIpc) is 3.12. The summed E-state index contributed by atoms with van der Waals surface area (Å²) in [7, 11) is 2.20. The van der Waals surface area contributed by atoms with Crippen LogP contribution in [0.25, 0.3) is 11.0 Å². The maximum Gasteiger partial charge on any atom is 0.219 e. The molecule has 0 radical (unpaired) electrons. The van der Waals surface area contributed by atoms with Gasteiger partial charge in [-0.3, -0.25) is 4.79 Å². The van der Waals surface area contributed by atoms with Gasteiger partial charge in [-0.2, -0.15) is 0 Å². The van der Waals surface area contributed by atoms with Gasteiger partial charge in [0.15, 0.2) is 0 Å². The summed E-state index contributed by atoms with van der Waals surface area (Å²) in [5.41, 5.74) is 4.91. The fourth-order valence-corrected chi connectivity index (χ4v) is 4.80. The van der Waals surface area contributed by atoms with Crippen molar-refractivity contribution in [2.45, 2.75) is 45.1 Å². The number of rotatable bonds is 6. The number of fused-ring (bicyclic) bond motifs is 1. The van der Waals surface area contributed by atoms with E-state index in [1.165, 1.54) is 22.2 Å². The second-order valence-electron chi connectivity index (χ2n) is 8.73. The molecule has 1 amide bonds. The molecule has 0 saturated carbocycles. The lowest BCUT2D eigenvalue weighted by atomic mass is 9.91. The van der Waals surface area contributed by atoms with E-state index in [0.29, 0.717) is 11.8 Å². The van der Waals surface area contributed by atoms with Crippen LogP contribution in [0.3, 0.4) is 0 Å². The highest BCUT2D eigenvalue weighted by Crippen LogP contribution is 2.33. The molecule has 2 aromatic heterocycles. The number of carbonyl (C=O) groups excluding carboxylic acids is 1. The summed E-state index contributed by atoms with van der Waals surface area (Å²) in [6.07, 6.45) is 4.00. The van der Waals surface area contributed by atoms with Gasteiger partial charge < -0.3 is 14.8 Å². The van der Waals surface area contributed by atoms with Gasteiger partial charge in [0.05, 0.1) is 0 Å². The third-order valence-electron chi connectivity index (χ3n) is 6.37. The molecule has 0 unspecified atom stereocenters. The molecule has 1 aliphatic rings. The van der Waals surface area contributed by atoms with Gasteiger partial charge in [0.25, 0.3) is 0 Å². The Bertz CT molecular complexity index is 997. The van der Waals surface area contributed by atoms with E-state index in [0.717, 1.165) is 44.7 Å². The number of carbonyl (C=O) groups is 1. The molecule has 1 saturated heterocycles. The van der Waals surface area contributed by atoms with Gasteiger partial charge in [-0.05, 0) is 49.1 Å². The van der Waals surface area contributed by atoms with Gasteiger partial charge in [-0.1, -0.05) is 37.3 Å². The molecule has 4 rings (SSSR count). The van der Waals surface area contributed by atoms with Crippen LogP contribution in [0.2, 0.25) is 0 Å². The summed E-state index contributed by atoms with van der Waals surface area (Å²) in [6, 6.07) is 14.9. The fourth-order valence-electron chi connectivity index (χ4n) is 4.80. The van der Waals surface area contributed by atoms with Crippen molar-refractivity contribution in [1.29, 1.82) is 0 Å². The minimum atomic E-state index is 0.171. The third-order valence-corrected chi connectivity index (χ3v) is 6.37. The Balaban J connectivity index is 1.58. The number of likely N-dealkylation sites (N-methyl/N-ethyl adjacent to an activating group) is 1. The third kappa shape index (κ3) is 4.41. The number of benzene rings is 1. The average molecular weight is 405 g/mol. The summed E-state index contributed by atoms with van der Waals surface area (Å²) in [5.74, 6) is 0.974. The Labute approximate surface area is 179 Å². The summed E-state index contributed by atoms with van der Waals surface area (Å²) in [5, 5.41) is 1.20. The van der Waals surface area contributed by atoms with Crippen LogP contribution in [0, 0.1) is 0 Å². The van der Waals surface area contributed by atoms with E-state index in [1.807, 2.05) is 17.2 Å². The zero-order chi connectivity index (χ0) is 21.1. The molecule has 5 nitrogen and oxygen atoms in total. The maximum absolute atomic E-state index is 12.0. The number of aromatic amines is 1. The highest BCUT2D eigenvalue weighted by molar-refractivity contribution is 5.81. The van der Waals surface area contributed by atoms with E-state index in [2.05, 4.69) is 65.2 Å². The number of aromatic nitrogens is 2. The highest BCUT2D eigenvalue weighted by atomic mass is 16.2. The molecule has 3 aromatic rings. The molecule has 0 spiro atoms. The molecule has 1 aromatic carbocycles. The van der Waals surface area contributed by atoms with E-state index in [-0.39, 0.29) is 5.91 Å². The topological polar surface area (TPSA) is 52.2 Å². The largest absolute Gasteiger partial charge is 0.343 e. The second kappa shape index (κ2) is 9.00. The minimum absolute atomic E-state index is 0.171. The standard InChI is InChI=1S/C25H32N4O/c1-18(20-9-5-4-6-10-20)15-28(3)17-23-22-12-7-13-26-25(22)27-24(23)21-11-8-14-29(16-21)19(2)30/h4-7,9-10,12-13,18,21H,8,11,14-17H2,1-3H3,(H,26,27)/t18-,21-/m1/s1. The Hall–Kier alpha value is -2.66. The number of nitrogens with zero attached hydrogens (tertiary/aromatic N) is 3. The summed E-state index contributed by atoms with van der Waals surface area (Å²) in [4.78, 5) is 24.5. The lowest BCUT2D eigenvalue weighted by Gasteiger charge is -2.32. The molecular weight excluding hydrogens is 372 g/mol. The number of nitrogens with one attached hydrogen (secondary N) is 1. The normalized spacial score (nSPS) is 18.1. The first-order chi connectivity index (χ1) is 14.5. The van der Waals surface area contributed by atoms with E-state index in [9.17, 15) is 4.79 Å². The van der Waals surface area contributed by atoms with E-state index >= 15 is 0 Å². The van der Waals surface area contributed by atoms with Crippen LogP contribution in [-0.4, -0.2) is 52.4 Å². The van der Waals surface area contributed by atoms with Crippen molar-refractivity contribution in [3.63, 3.8) is 0 Å². The van der Waals surface area contributed by atoms with E-state index in [4.69, 9.17) is 0 Å². The van der Waals surface area contributed by atoms with Crippen molar-refractivity contribution < 1.29 is 4.79 Å². The predicted octanol–water partition coefficient (Wildman–Crippen LogP) is 4.52. The fraction of sp³-hybridized carbons (Fsp3) is 0.440. The van der Waals surface area contributed by atoms with Crippen molar-refractivity contribution in [1.82, 2.24) is 19.8 Å². The van der Waals surface area contributed by atoms with Crippen LogP contribution in [-0.2, 0) is 11.3 Å². The van der Waals surface area contributed by atoms with Crippen molar-refractivity contribution in [3.05, 3.63) is 65.5 Å². The highest BCUT2D eigenvalue weighted by Gasteiger charge is 2.27. The van der Waals surface area contributed by atoms with Crippen molar-refractivity contribution in [2.24, 2.45) is 0 Å². The lowest BCUT2D eigenvalue weighted by molar-refractivity contribution is -0.130. The number of H-pyrrole nitrogens is 1. The zero-order valence-electron chi connectivity index (χ0n) is 18.3. The first-order valence-electron chi connectivity index (χ1n) is 11.0. The molecule has 0 aliphatic carbocycles. The molecule has 1 aliphatic heterocycles. The summed E-state index contributed by atoms with van der Waals surface area (Å²) in [6.45, 7) is 7.48. The zero-order valence-corrected chi connectivity index (χ0v) is 18.3. The molecule has 1 fully saturated rings. The number of piperidine rings is 1. The second-order valence-corrected chi connectivity index (χ2v) is 8.73. The molecule has 30 heavy (non-hydrogen) atoms. The molecule has 2 atom stereocenters. The van der Waals surface area contributed by atoms with E-state index in [1.54, 1.807) is 6.92 Å². The number of hydrogen-bond acceptors (Lipinski definition) is 3. The van der Waals surface area contributed by atoms with Crippen LogP contribution in [0.5, 0.6) is 0 Å². The minimum Gasteiger partial charge on any atom is -0.343 e. The van der Waals surface area contributed by atoms with Gasteiger partial charge in [0.1, 0.15) is 5.65 Å². The molecule has 0 bridgehead atoms.